The maximum Gasteiger partial charge on any atom is 0.332 e. The molecular weight excluding hydrogens is 422 g/mol. The van der Waals surface area contributed by atoms with Crippen LogP contribution in [0, 0.1) is 0 Å². The zero-order valence-electron chi connectivity index (χ0n) is 17.6. The van der Waals surface area contributed by atoms with E-state index in [0.717, 1.165) is 0 Å². The molecule has 0 bridgehead atoms. The number of rotatable bonds is 7. The third-order valence-corrected chi connectivity index (χ3v) is 6.85. The third-order valence-electron chi connectivity index (χ3n) is 5.28. The van der Waals surface area contributed by atoms with Crippen molar-refractivity contribution >= 4 is 35.5 Å². The Hall–Kier alpha value is -3.01. The lowest BCUT2D eigenvalue weighted by atomic mass is 9.95. The molecule has 0 spiro atoms. The van der Waals surface area contributed by atoms with Crippen LogP contribution in [0.15, 0.2) is 42.1 Å². The summed E-state index contributed by atoms with van der Waals surface area (Å²) in [4.78, 5) is 50.3. The van der Waals surface area contributed by atoms with Crippen LogP contribution >= 0.6 is 11.8 Å². The average molecular weight is 448 g/mol. The largest absolute Gasteiger partial charge is 0.480 e. The van der Waals surface area contributed by atoms with Gasteiger partial charge in [0.05, 0.1) is 7.11 Å². The van der Waals surface area contributed by atoms with Crippen molar-refractivity contribution in [1.82, 2.24) is 15.5 Å². The Labute approximate surface area is 184 Å². The number of carboxylic acid groups (broad SMARTS) is 1. The van der Waals surface area contributed by atoms with Crippen molar-refractivity contribution in [1.29, 1.82) is 0 Å². The standard InChI is InChI=1S/C21H25N3O6S/c1-11(10-13(25)30-4)22-14(12-8-6-5-7-9-12)17(26)23-15-18(27)24-16(20(28)29)21(2,3)31-19(15)24/h5-10,14-16,19,22H,1-4H3,(H,23,26)(H,28,29)/b11-10+/t14?,15-,16+,19-/m1/s1. The molecule has 9 nitrogen and oxygen atoms in total. The molecule has 3 N–H and O–H groups in total. The van der Waals surface area contributed by atoms with E-state index in [1.165, 1.54) is 29.8 Å². The fourth-order valence-electron chi connectivity index (χ4n) is 3.83. The molecule has 2 aliphatic rings. The molecule has 3 rings (SSSR count). The van der Waals surface area contributed by atoms with E-state index in [4.69, 9.17) is 0 Å². The van der Waals surface area contributed by atoms with Gasteiger partial charge in [-0.05, 0) is 26.3 Å². The number of nitrogens with one attached hydrogen (secondary N) is 2. The summed E-state index contributed by atoms with van der Waals surface area (Å²) in [6.07, 6.45) is 1.23. The lowest BCUT2D eigenvalue weighted by Crippen LogP contribution is -2.71. The first-order valence-electron chi connectivity index (χ1n) is 9.67. The molecule has 1 unspecified atom stereocenters. The molecule has 0 aromatic heterocycles. The van der Waals surface area contributed by atoms with E-state index in [9.17, 15) is 24.3 Å². The quantitative estimate of drug-likeness (QED) is 0.322. The minimum atomic E-state index is -1.06. The fraction of sp³-hybridized carbons (Fsp3) is 0.429. The van der Waals surface area contributed by atoms with Gasteiger partial charge in [0, 0.05) is 16.5 Å². The number of carboxylic acids is 1. The van der Waals surface area contributed by atoms with Crippen LogP contribution in [0.3, 0.4) is 0 Å². The molecule has 2 aliphatic heterocycles. The number of esters is 1. The lowest BCUT2D eigenvalue weighted by Gasteiger charge is -2.44. The van der Waals surface area contributed by atoms with E-state index in [1.807, 2.05) is 6.07 Å². The molecule has 2 saturated heterocycles. The zero-order chi connectivity index (χ0) is 22.9. The second-order valence-electron chi connectivity index (χ2n) is 7.92. The van der Waals surface area contributed by atoms with Crippen LogP contribution in [-0.2, 0) is 23.9 Å². The minimum Gasteiger partial charge on any atom is -0.480 e. The van der Waals surface area contributed by atoms with Crippen molar-refractivity contribution in [2.45, 2.75) is 49.0 Å². The van der Waals surface area contributed by atoms with Gasteiger partial charge in [0.2, 0.25) is 11.8 Å². The van der Waals surface area contributed by atoms with Gasteiger partial charge in [-0.3, -0.25) is 9.59 Å². The predicted molar refractivity (Wildman–Crippen MR) is 114 cm³/mol. The van der Waals surface area contributed by atoms with Crippen LogP contribution in [0.4, 0.5) is 0 Å². The van der Waals surface area contributed by atoms with Crippen molar-refractivity contribution in [3.63, 3.8) is 0 Å². The average Bonchev–Trinajstić information content (AvgIpc) is 2.98. The van der Waals surface area contributed by atoms with Gasteiger partial charge in [-0.25, -0.2) is 9.59 Å². The summed E-state index contributed by atoms with van der Waals surface area (Å²) in [5.41, 5.74) is 1.06. The second kappa shape index (κ2) is 8.62. The van der Waals surface area contributed by atoms with Gasteiger partial charge in [0.1, 0.15) is 23.5 Å². The summed E-state index contributed by atoms with van der Waals surface area (Å²) in [5.74, 6) is -2.51. The van der Waals surface area contributed by atoms with Gasteiger partial charge in [0.15, 0.2) is 0 Å². The molecule has 166 valence electrons. The molecule has 0 aliphatic carbocycles. The number of carbonyl (C=O) groups excluding carboxylic acids is 3. The molecule has 2 heterocycles. The van der Waals surface area contributed by atoms with Crippen molar-refractivity contribution in [2.75, 3.05) is 7.11 Å². The van der Waals surface area contributed by atoms with Gasteiger partial charge in [-0.1, -0.05) is 30.3 Å². The number of thioether (sulfide) groups is 1. The van der Waals surface area contributed by atoms with E-state index in [-0.39, 0.29) is 0 Å². The Morgan fingerprint density at radius 3 is 2.48 bits per heavy atom. The monoisotopic (exact) mass is 447 g/mol. The number of amides is 2. The minimum absolute atomic E-state index is 0.416. The van der Waals surface area contributed by atoms with Crippen LogP contribution in [0.1, 0.15) is 32.4 Å². The number of nitrogens with zero attached hydrogens (tertiary/aromatic N) is 1. The van der Waals surface area contributed by atoms with E-state index in [2.05, 4.69) is 15.4 Å². The molecule has 2 amide bonds. The van der Waals surface area contributed by atoms with Crippen molar-refractivity contribution in [3.05, 3.63) is 47.7 Å². The first-order chi connectivity index (χ1) is 14.6. The number of allylic oxidation sites excluding steroid dienone is 1. The number of ether oxygens (including phenoxy) is 1. The Bertz CT molecular complexity index is 932. The summed E-state index contributed by atoms with van der Waals surface area (Å²) in [7, 11) is 1.26. The Morgan fingerprint density at radius 1 is 1.26 bits per heavy atom. The molecule has 0 saturated carbocycles. The van der Waals surface area contributed by atoms with Crippen LogP contribution in [-0.4, -0.2) is 63.1 Å². The van der Waals surface area contributed by atoms with Gasteiger partial charge < -0.3 is 25.4 Å². The SMILES string of the molecule is COC(=O)/C=C(\C)NC(C(=O)N[C@@H]1C(=O)N2[C@@H]1SC(C)(C)[C@@H]2C(=O)O)c1ccccc1. The first kappa shape index (κ1) is 22.7. The summed E-state index contributed by atoms with van der Waals surface area (Å²) in [6.45, 7) is 5.18. The maximum absolute atomic E-state index is 13.1. The van der Waals surface area contributed by atoms with Gasteiger partial charge >= 0.3 is 11.9 Å². The second-order valence-corrected chi connectivity index (χ2v) is 9.69. The number of aliphatic carboxylic acids is 1. The van der Waals surface area contributed by atoms with Crippen LogP contribution in [0.2, 0.25) is 0 Å². The number of fused-ring (bicyclic) bond motifs is 1. The number of hydrogen-bond donors (Lipinski definition) is 3. The molecule has 10 heteroatoms. The molecule has 0 radical (unpaired) electrons. The predicted octanol–water partition coefficient (Wildman–Crippen LogP) is 1.03. The Morgan fingerprint density at radius 2 is 1.90 bits per heavy atom. The highest BCUT2D eigenvalue weighted by atomic mass is 32.2. The van der Waals surface area contributed by atoms with Crippen molar-refractivity contribution < 1.29 is 29.0 Å². The number of β-lactam (4-membered cyclic amide) rings is 1. The number of carbonyl (C=O) groups is 4. The number of hydrogen-bond acceptors (Lipinski definition) is 7. The highest BCUT2D eigenvalue weighted by Crippen LogP contribution is 2.50. The van der Waals surface area contributed by atoms with Crippen LogP contribution in [0.5, 0.6) is 0 Å². The van der Waals surface area contributed by atoms with Crippen LogP contribution < -0.4 is 10.6 Å². The van der Waals surface area contributed by atoms with Gasteiger partial charge in [0.25, 0.3) is 0 Å². The Kier molecular flexibility index (Phi) is 6.30. The zero-order valence-corrected chi connectivity index (χ0v) is 18.4. The number of benzene rings is 1. The smallest absolute Gasteiger partial charge is 0.332 e. The molecule has 31 heavy (non-hydrogen) atoms. The topological polar surface area (TPSA) is 125 Å². The molecular formula is C21H25N3O6S. The van der Waals surface area contributed by atoms with E-state index < -0.39 is 52.0 Å². The summed E-state index contributed by atoms with van der Waals surface area (Å²) in [5, 5.41) is 14.8. The molecule has 4 atom stereocenters. The lowest BCUT2D eigenvalue weighted by molar-refractivity contribution is -0.161. The maximum atomic E-state index is 13.1. The van der Waals surface area contributed by atoms with Crippen LogP contribution in [0.25, 0.3) is 0 Å². The summed E-state index contributed by atoms with van der Waals surface area (Å²) < 4.78 is 3.94. The van der Waals surface area contributed by atoms with Crippen molar-refractivity contribution in [2.24, 2.45) is 0 Å². The number of methoxy groups -OCH3 is 1. The Balaban J connectivity index is 1.79. The summed E-state index contributed by atoms with van der Waals surface area (Å²) in [6, 6.07) is 6.25. The van der Waals surface area contributed by atoms with E-state index in [0.29, 0.717) is 11.3 Å². The van der Waals surface area contributed by atoms with E-state index in [1.54, 1.807) is 45.0 Å². The van der Waals surface area contributed by atoms with E-state index >= 15 is 0 Å². The first-order valence-corrected chi connectivity index (χ1v) is 10.6. The highest BCUT2D eigenvalue weighted by molar-refractivity contribution is 8.01. The highest BCUT2D eigenvalue weighted by Gasteiger charge is 2.64. The molecule has 2 fully saturated rings. The molecule has 1 aromatic carbocycles. The van der Waals surface area contributed by atoms with Gasteiger partial charge in [-0.2, -0.15) is 0 Å². The van der Waals surface area contributed by atoms with Gasteiger partial charge in [-0.15, -0.1) is 11.8 Å². The third kappa shape index (κ3) is 4.39. The fourth-order valence-corrected chi connectivity index (χ4v) is 5.46. The summed E-state index contributed by atoms with van der Waals surface area (Å²) >= 11 is 1.36. The normalized spacial score (nSPS) is 25.2. The van der Waals surface area contributed by atoms with Crippen molar-refractivity contribution in [3.8, 4) is 0 Å². The molecule has 1 aromatic rings.